The SMILES string of the molecule is CSCC(C)(O)CNC(=O)c1cn(CCN)cn1. The normalized spacial score (nSPS) is 14.2. The van der Waals surface area contributed by atoms with Gasteiger partial charge >= 0.3 is 0 Å². The zero-order valence-corrected chi connectivity index (χ0v) is 11.5. The summed E-state index contributed by atoms with van der Waals surface area (Å²) < 4.78 is 1.76. The first-order valence-corrected chi connectivity index (χ1v) is 7.09. The van der Waals surface area contributed by atoms with Crippen LogP contribution in [0.2, 0.25) is 0 Å². The van der Waals surface area contributed by atoms with Crippen molar-refractivity contribution in [3.63, 3.8) is 0 Å². The fraction of sp³-hybridized carbons (Fsp3) is 0.636. The number of nitrogens with two attached hydrogens (primary N) is 1. The number of carbonyl (C=O) groups is 1. The first-order valence-electron chi connectivity index (χ1n) is 5.70. The molecular weight excluding hydrogens is 252 g/mol. The van der Waals surface area contributed by atoms with E-state index >= 15 is 0 Å². The van der Waals surface area contributed by atoms with Gasteiger partial charge in [0.25, 0.3) is 5.91 Å². The topological polar surface area (TPSA) is 93.2 Å². The first kappa shape index (κ1) is 15.0. The molecular formula is C11H20N4O2S. The second-order valence-electron chi connectivity index (χ2n) is 4.40. The molecule has 0 spiro atoms. The molecule has 0 fully saturated rings. The summed E-state index contributed by atoms with van der Waals surface area (Å²) in [6.07, 6.45) is 5.12. The quantitative estimate of drug-likeness (QED) is 0.633. The second kappa shape index (κ2) is 6.77. The van der Waals surface area contributed by atoms with E-state index in [2.05, 4.69) is 10.3 Å². The molecule has 0 aromatic carbocycles. The van der Waals surface area contributed by atoms with Crippen molar-refractivity contribution in [3.8, 4) is 0 Å². The van der Waals surface area contributed by atoms with Gasteiger partial charge in [0.15, 0.2) is 0 Å². The van der Waals surface area contributed by atoms with Crippen molar-refractivity contribution >= 4 is 17.7 Å². The maximum Gasteiger partial charge on any atom is 0.271 e. The number of nitrogens with one attached hydrogen (secondary N) is 1. The largest absolute Gasteiger partial charge is 0.387 e. The van der Waals surface area contributed by atoms with Crippen LogP contribution in [0.3, 0.4) is 0 Å². The van der Waals surface area contributed by atoms with Crippen LogP contribution in [0.15, 0.2) is 12.5 Å². The number of aromatic nitrogens is 2. The summed E-state index contributed by atoms with van der Waals surface area (Å²) >= 11 is 1.53. The Morgan fingerprint density at radius 2 is 2.44 bits per heavy atom. The van der Waals surface area contributed by atoms with Crippen LogP contribution in [-0.4, -0.2) is 51.3 Å². The van der Waals surface area contributed by atoms with E-state index in [-0.39, 0.29) is 12.5 Å². The Balaban J connectivity index is 2.49. The number of carbonyl (C=O) groups excluding carboxylic acids is 1. The van der Waals surface area contributed by atoms with Crippen LogP contribution in [-0.2, 0) is 6.54 Å². The summed E-state index contributed by atoms with van der Waals surface area (Å²) in [5.74, 6) is 0.279. The third-order valence-corrected chi connectivity index (χ3v) is 3.25. The summed E-state index contributed by atoms with van der Waals surface area (Å²) in [4.78, 5) is 15.8. The minimum Gasteiger partial charge on any atom is -0.387 e. The summed E-state index contributed by atoms with van der Waals surface area (Å²) in [6, 6.07) is 0. The number of nitrogens with zero attached hydrogens (tertiary/aromatic N) is 2. The van der Waals surface area contributed by atoms with E-state index in [0.29, 0.717) is 24.5 Å². The minimum absolute atomic E-state index is 0.205. The highest BCUT2D eigenvalue weighted by molar-refractivity contribution is 7.98. The van der Waals surface area contributed by atoms with Crippen molar-refractivity contribution in [1.29, 1.82) is 0 Å². The lowest BCUT2D eigenvalue weighted by molar-refractivity contribution is 0.0722. The summed E-state index contributed by atoms with van der Waals surface area (Å²) in [6.45, 7) is 3.03. The van der Waals surface area contributed by atoms with E-state index in [0.717, 1.165) is 0 Å². The zero-order valence-electron chi connectivity index (χ0n) is 10.7. The fourth-order valence-electron chi connectivity index (χ4n) is 1.47. The molecule has 4 N–H and O–H groups in total. The highest BCUT2D eigenvalue weighted by Gasteiger charge is 2.21. The van der Waals surface area contributed by atoms with Crippen molar-refractivity contribution in [2.45, 2.75) is 19.1 Å². The average molecular weight is 272 g/mol. The maximum atomic E-state index is 11.8. The molecule has 0 radical (unpaired) electrons. The number of amides is 1. The predicted octanol–water partition coefficient (Wildman–Crippen LogP) is -0.314. The van der Waals surface area contributed by atoms with E-state index in [1.165, 1.54) is 11.8 Å². The molecule has 1 aromatic rings. The molecule has 1 heterocycles. The smallest absolute Gasteiger partial charge is 0.271 e. The molecule has 1 atom stereocenters. The monoisotopic (exact) mass is 272 g/mol. The summed E-state index contributed by atoms with van der Waals surface area (Å²) in [5, 5.41) is 12.6. The van der Waals surface area contributed by atoms with Crippen LogP contribution in [0.5, 0.6) is 0 Å². The Morgan fingerprint density at radius 1 is 1.72 bits per heavy atom. The first-order chi connectivity index (χ1) is 8.48. The van der Waals surface area contributed by atoms with Crippen LogP contribution in [0.1, 0.15) is 17.4 Å². The van der Waals surface area contributed by atoms with E-state index in [9.17, 15) is 9.90 Å². The standard InChI is InChI=1S/C11H20N4O2S/c1-11(17,7-18-2)6-13-10(16)9-5-15(4-3-12)8-14-9/h5,8,17H,3-4,6-7,12H2,1-2H3,(H,13,16). The highest BCUT2D eigenvalue weighted by atomic mass is 32.2. The Bertz CT molecular complexity index is 392. The van der Waals surface area contributed by atoms with Crippen LogP contribution in [0.25, 0.3) is 0 Å². The van der Waals surface area contributed by atoms with E-state index < -0.39 is 5.60 Å². The van der Waals surface area contributed by atoms with E-state index in [4.69, 9.17) is 5.73 Å². The van der Waals surface area contributed by atoms with Gasteiger partial charge in [0.2, 0.25) is 0 Å². The van der Waals surface area contributed by atoms with Gasteiger partial charge in [-0.1, -0.05) is 0 Å². The highest BCUT2D eigenvalue weighted by Crippen LogP contribution is 2.09. The van der Waals surface area contributed by atoms with Crippen molar-refractivity contribution < 1.29 is 9.90 Å². The van der Waals surface area contributed by atoms with E-state index in [1.54, 1.807) is 24.0 Å². The number of imidazole rings is 1. The molecule has 0 aliphatic heterocycles. The molecule has 0 saturated heterocycles. The van der Waals surface area contributed by atoms with Crippen LogP contribution >= 0.6 is 11.8 Å². The minimum atomic E-state index is -0.908. The number of thioether (sulfide) groups is 1. The third kappa shape index (κ3) is 4.67. The van der Waals surface area contributed by atoms with Gasteiger partial charge < -0.3 is 20.7 Å². The van der Waals surface area contributed by atoms with Gasteiger partial charge in [0, 0.05) is 31.6 Å². The van der Waals surface area contributed by atoms with Crippen molar-refractivity contribution in [3.05, 3.63) is 18.2 Å². The van der Waals surface area contributed by atoms with E-state index in [1.807, 2.05) is 6.26 Å². The Labute approximate surface area is 111 Å². The van der Waals surface area contributed by atoms with Gasteiger partial charge in [-0.3, -0.25) is 4.79 Å². The average Bonchev–Trinajstić information content (AvgIpc) is 2.75. The number of rotatable bonds is 7. The molecule has 102 valence electrons. The Hall–Kier alpha value is -1.05. The van der Waals surface area contributed by atoms with Crippen LogP contribution in [0.4, 0.5) is 0 Å². The Kier molecular flexibility index (Phi) is 5.64. The Morgan fingerprint density at radius 3 is 3.06 bits per heavy atom. The van der Waals surface area contributed by atoms with Crippen molar-refractivity contribution in [2.75, 3.05) is 25.1 Å². The molecule has 0 bridgehead atoms. The summed E-state index contributed by atoms with van der Waals surface area (Å²) in [7, 11) is 0. The van der Waals surface area contributed by atoms with Crippen LogP contribution < -0.4 is 11.1 Å². The lowest BCUT2D eigenvalue weighted by Crippen LogP contribution is -2.42. The van der Waals surface area contributed by atoms with Crippen molar-refractivity contribution in [1.82, 2.24) is 14.9 Å². The number of hydrogen-bond donors (Lipinski definition) is 3. The lowest BCUT2D eigenvalue weighted by Gasteiger charge is -2.22. The maximum absolute atomic E-state index is 11.8. The van der Waals surface area contributed by atoms with Gasteiger partial charge in [-0.05, 0) is 13.2 Å². The molecule has 1 amide bonds. The third-order valence-electron chi connectivity index (χ3n) is 2.34. The lowest BCUT2D eigenvalue weighted by atomic mass is 10.1. The summed E-state index contributed by atoms with van der Waals surface area (Å²) in [5.41, 5.74) is 4.84. The molecule has 18 heavy (non-hydrogen) atoms. The molecule has 0 aliphatic carbocycles. The van der Waals surface area contributed by atoms with Gasteiger partial charge in [-0.25, -0.2) is 4.98 Å². The molecule has 7 heteroatoms. The molecule has 1 rings (SSSR count). The fourth-order valence-corrected chi connectivity index (χ4v) is 2.20. The predicted molar refractivity (Wildman–Crippen MR) is 72.6 cm³/mol. The van der Waals surface area contributed by atoms with Gasteiger partial charge in [0.05, 0.1) is 11.9 Å². The molecule has 1 aromatic heterocycles. The van der Waals surface area contributed by atoms with Crippen LogP contribution in [0, 0.1) is 0 Å². The molecule has 6 nitrogen and oxygen atoms in total. The molecule has 0 aliphatic rings. The number of aliphatic hydroxyl groups is 1. The zero-order chi connectivity index (χ0) is 13.6. The molecule has 1 unspecified atom stereocenters. The van der Waals surface area contributed by atoms with Gasteiger partial charge in [0.1, 0.15) is 5.69 Å². The molecule has 0 saturated carbocycles. The van der Waals surface area contributed by atoms with Gasteiger partial charge in [-0.2, -0.15) is 11.8 Å². The number of hydrogen-bond acceptors (Lipinski definition) is 5. The van der Waals surface area contributed by atoms with Crippen molar-refractivity contribution in [2.24, 2.45) is 5.73 Å². The van der Waals surface area contributed by atoms with Gasteiger partial charge in [-0.15, -0.1) is 0 Å². The second-order valence-corrected chi connectivity index (χ2v) is 5.26.